The van der Waals surface area contributed by atoms with Crippen molar-refractivity contribution in [1.29, 1.82) is 0 Å². The number of benzene rings is 1. The van der Waals surface area contributed by atoms with E-state index in [2.05, 4.69) is 19.9 Å². The van der Waals surface area contributed by atoms with E-state index in [1.165, 1.54) is 44.9 Å². The van der Waals surface area contributed by atoms with Crippen LogP contribution >= 0.6 is 0 Å². The van der Waals surface area contributed by atoms with Gasteiger partial charge in [0.1, 0.15) is 0 Å². The van der Waals surface area contributed by atoms with Gasteiger partial charge in [0.15, 0.2) is 11.6 Å². The van der Waals surface area contributed by atoms with Gasteiger partial charge >= 0.3 is 0 Å². The van der Waals surface area contributed by atoms with Crippen molar-refractivity contribution in [3.63, 3.8) is 0 Å². The quantitative estimate of drug-likeness (QED) is 0.508. The summed E-state index contributed by atoms with van der Waals surface area (Å²) in [6, 6.07) is 5.62. The number of halogens is 1. The summed E-state index contributed by atoms with van der Waals surface area (Å²) in [5.74, 6) is 1.64. The second-order valence-electron chi connectivity index (χ2n) is 7.27. The van der Waals surface area contributed by atoms with Gasteiger partial charge in [-0.25, -0.2) is 4.39 Å². The summed E-state index contributed by atoms with van der Waals surface area (Å²) in [6.45, 7) is 6.39. The molecule has 1 aromatic carbocycles. The SMILES string of the molecule is CCCC[C@H]1CC[C@H](c2ccc(OC(C)CCC)c(F)c2)CC1. The van der Waals surface area contributed by atoms with Gasteiger partial charge < -0.3 is 4.74 Å². The number of hydrogen-bond acceptors (Lipinski definition) is 1. The molecule has 2 heteroatoms. The van der Waals surface area contributed by atoms with E-state index in [-0.39, 0.29) is 11.9 Å². The predicted octanol–water partition coefficient (Wildman–Crippen LogP) is 6.86. The third kappa shape index (κ3) is 5.51. The lowest BCUT2D eigenvalue weighted by atomic mass is 9.77. The molecular weight excluding hydrogens is 287 g/mol. The first-order chi connectivity index (χ1) is 11.1. The van der Waals surface area contributed by atoms with Crippen LogP contribution in [0.2, 0.25) is 0 Å². The standard InChI is InChI=1S/C21H33FO/c1-4-6-8-17-9-11-18(12-10-17)19-13-14-21(20(22)15-19)23-16(3)7-5-2/h13-18H,4-12H2,1-3H3/t16?,17-,18-. The van der Waals surface area contributed by atoms with Crippen LogP contribution in [-0.4, -0.2) is 6.10 Å². The lowest BCUT2D eigenvalue weighted by Gasteiger charge is -2.29. The largest absolute Gasteiger partial charge is 0.488 e. The van der Waals surface area contributed by atoms with E-state index in [4.69, 9.17) is 4.74 Å². The Hall–Kier alpha value is -1.05. The maximum atomic E-state index is 14.3. The lowest BCUT2D eigenvalue weighted by molar-refractivity contribution is 0.200. The molecule has 2 rings (SSSR count). The highest BCUT2D eigenvalue weighted by Crippen LogP contribution is 2.38. The molecule has 0 bridgehead atoms. The molecule has 1 aliphatic rings. The van der Waals surface area contributed by atoms with E-state index in [0.29, 0.717) is 11.7 Å². The molecule has 1 aromatic rings. The fourth-order valence-corrected chi connectivity index (χ4v) is 3.83. The molecule has 0 saturated heterocycles. The van der Waals surface area contributed by atoms with Gasteiger partial charge in [-0.2, -0.15) is 0 Å². The molecule has 1 fully saturated rings. The first-order valence-electron chi connectivity index (χ1n) is 9.60. The molecule has 0 N–H and O–H groups in total. The van der Waals surface area contributed by atoms with Gasteiger partial charge in [0.05, 0.1) is 6.10 Å². The zero-order valence-corrected chi connectivity index (χ0v) is 15.1. The number of hydrogen-bond donors (Lipinski definition) is 0. The number of rotatable bonds is 8. The Labute approximate surface area is 141 Å². The van der Waals surface area contributed by atoms with Crippen molar-refractivity contribution in [3.8, 4) is 5.75 Å². The average molecular weight is 320 g/mol. The maximum absolute atomic E-state index is 14.3. The Morgan fingerprint density at radius 1 is 1.13 bits per heavy atom. The van der Waals surface area contributed by atoms with Crippen molar-refractivity contribution in [2.75, 3.05) is 0 Å². The van der Waals surface area contributed by atoms with E-state index >= 15 is 0 Å². The van der Waals surface area contributed by atoms with Crippen LogP contribution in [0.5, 0.6) is 5.75 Å². The van der Waals surface area contributed by atoms with Crippen LogP contribution in [0.1, 0.15) is 90.0 Å². The highest BCUT2D eigenvalue weighted by molar-refractivity contribution is 5.31. The fourth-order valence-electron chi connectivity index (χ4n) is 3.83. The molecule has 1 aliphatic carbocycles. The van der Waals surface area contributed by atoms with E-state index < -0.39 is 0 Å². The van der Waals surface area contributed by atoms with Crippen molar-refractivity contribution in [2.45, 2.75) is 90.6 Å². The summed E-state index contributed by atoms with van der Waals surface area (Å²) >= 11 is 0. The third-order valence-electron chi connectivity index (χ3n) is 5.26. The van der Waals surface area contributed by atoms with Crippen LogP contribution in [-0.2, 0) is 0 Å². The Balaban J connectivity index is 1.90. The average Bonchev–Trinajstić information content (AvgIpc) is 2.55. The molecule has 0 aromatic heterocycles. The van der Waals surface area contributed by atoms with Crippen molar-refractivity contribution in [3.05, 3.63) is 29.6 Å². The van der Waals surface area contributed by atoms with E-state index in [1.54, 1.807) is 6.07 Å². The van der Waals surface area contributed by atoms with Crippen LogP contribution in [0.25, 0.3) is 0 Å². The first-order valence-corrected chi connectivity index (χ1v) is 9.60. The maximum Gasteiger partial charge on any atom is 0.165 e. The van der Waals surface area contributed by atoms with Gasteiger partial charge in [0, 0.05) is 0 Å². The smallest absolute Gasteiger partial charge is 0.165 e. The van der Waals surface area contributed by atoms with E-state index in [0.717, 1.165) is 24.3 Å². The van der Waals surface area contributed by atoms with Crippen LogP contribution in [0.4, 0.5) is 4.39 Å². The summed E-state index contributed by atoms with van der Waals surface area (Å²) in [7, 11) is 0. The van der Waals surface area contributed by atoms with Gasteiger partial charge in [-0.1, -0.05) is 45.6 Å². The molecule has 0 heterocycles. The number of unbranched alkanes of at least 4 members (excludes halogenated alkanes) is 1. The van der Waals surface area contributed by atoms with Crippen molar-refractivity contribution in [1.82, 2.24) is 0 Å². The molecule has 0 radical (unpaired) electrons. The molecule has 23 heavy (non-hydrogen) atoms. The molecule has 0 aliphatic heterocycles. The molecule has 0 spiro atoms. The molecule has 0 amide bonds. The highest BCUT2D eigenvalue weighted by atomic mass is 19.1. The van der Waals surface area contributed by atoms with Gasteiger partial charge in [0.25, 0.3) is 0 Å². The topological polar surface area (TPSA) is 9.23 Å². The normalized spacial score (nSPS) is 22.8. The lowest BCUT2D eigenvalue weighted by Crippen LogP contribution is -2.14. The zero-order valence-electron chi connectivity index (χ0n) is 15.1. The third-order valence-corrected chi connectivity index (χ3v) is 5.26. The van der Waals surface area contributed by atoms with Crippen LogP contribution in [0.3, 0.4) is 0 Å². The minimum absolute atomic E-state index is 0.0781. The molecule has 130 valence electrons. The Morgan fingerprint density at radius 2 is 1.87 bits per heavy atom. The summed E-state index contributed by atoms with van der Waals surface area (Å²) in [5, 5.41) is 0. The van der Waals surface area contributed by atoms with Gasteiger partial charge in [0.2, 0.25) is 0 Å². The van der Waals surface area contributed by atoms with Crippen molar-refractivity contribution < 1.29 is 9.13 Å². The monoisotopic (exact) mass is 320 g/mol. The molecular formula is C21H33FO. The highest BCUT2D eigenvalue weighted by Gasteiger charge is 2.23. The Morgan fingerprint density at radius 3 is 2.48 bits per heavy atom. The summed E-state index contributed by atoms with van der Waals surface area (Å²) < 4.78 is 20.0. The molecule has 1 saturated carbocycles. The Bertz CT molecular complexity index is 463. The summed E-state index contributed by atoms with van der Waals surface area (Å²) in [4.78, 5) is 0. The van der Waals surface area contributed by atoms with Gasteiger partial charge in [-0.3, -0.25) is 0 Å². The molecule has 1 nitrogen and oxygen atoms in total. The predicted molar refractivity (Wildman–Crippen MR) is 95.6 cm³/mol. The second kappa shape index (κ2) is 9.30. The van der Waals surface area contributed by atoms with Crippen LogP contribution in [0.15, 0.2) is 18.2 Å². The van der Waals surface area contributed by atoms with Gasteiger partial charge in [-0.15, -0.1) is 0 Å². The van der Waals surface area contributed by atoms with Crippen LogP contribution in [0, 0.1) is 11.7 Å². The van der Waals surface area contributed by atoms with E-state index in [9.17, 15) is 4.39 Å². The summed E-state index contributed by atoms with van der Waals surface area (Å²) in [5.41, 5.74) is 1.16. The molecule has 1 atom stereocenters. The summed E-state index contributed by atoms with van der Waals surface area (Å²) in [6.07, 6.45) is 11.1. The Kier molecular flexibility index (Phi) is 7.39. The second-order valence-corrected chi connectivity index (χ2v) is 7.27. The van der Waals surface area contributed by atoms with Crippen molar-refractivity contribution >= 4 is 0 Å². The van der Waals surface area contributed by atoms with Gasteiger partial charge in [-0.05, 0) is 68.6 Å². The minimum Gasteiger partial charge on any atom is -0.488 e. The first kappa shape index (κ1) is 18.3. The van der Waals surface area contributed by atoms with Crippen LogP contribution < -0.4 is 4.74 Å². The minimum atomic E-state index is -0.196. The van der Waals surface area contributed by atoms with Crippen molar-refractivity contribution in [2.24, 2.45) is 5.92 Å². The fraction of sp³-hybridized carbons (Fsp3) is 0.714. The van der Waals surface area contributed by atoms with E-state index in [1.807, 2.05) is 13.0 Å². The number of ether oxygens (including phenoxy) is 1. The zero-order chi connectivity index (χ0) is 16.7. The molecule has 1 unspecified atom stereocenters.